The predicted molar refractivity (Wildman–Crippen MR) is 111 cm³/mol. The number of nitrogens with two attached hydrogens (primary N) is 1. The van der Waals surface area contributed by atoms with E-state index in [0.29, 0.717) is 11.1 Å². The number of carbonyl (C=O) groups excluding carboxylic acids is 1. The van der Waals surface area contributed by atoms with Gasteiger partial charge in [-0.2, -0.15) is 0 Å². The van der Waals surface area contributed by atoms with Gasteiger partial charge in [0.2, 0.25) is 16.1 Å². The standard InChI is InChI=1S/C21H26FN3O4S/c1-14-3-4-15(13-19(14)22)20(21(26)25(2)16-9-11-24-12-10-16)29-17-5-7-18(8-6-17)30(23,27)28/h3-8,13,16,20,24H,9-12H2,1-2H3,(H2,23,27,28). The molecule has 1 aliphatic rings. The zero-order valence-electron chi connectivity index (χ0n) is 17.0. The van der Waals surface area contributed by atoms with E-state index < -0.39 is 21.9 Å². The molecule has 0 aliphatic carbocycles. The first kappa shape index (κ1) is 22.2. The van der Waals surface area contributed by atoms with Gasteiger partial charge in [0.05, 0.1) is 4.90 Å². The predicted octanol–water partition coefficient (Wildman–Crippen LogP) is 2.11. The number of halogens is 1. The second-order valence-electron chi connectivity index (χ2n) is 7.45. The van der Waals surface area contributed by atoms with Gasteiger partial charge in [0, 0.05) is 18.7 Å². The number of hydrogen-bond acceptors (Lipinski definition) is 5. The van der Waals surface area contributed by atoms with Crippen molar-refractivity contribution in [3.63, 3.8) is 0 Å². The Hall–Kier alpha value is -2.49. The summed E-state index contributed by atoms with van der Waals surface area (Å²) in [6.45, 7) is 3.29. The van der Waals surface area contributed by atoms with E-state index in [0.717, 1.165) is 25.9 Å². The topological polar surface area (TPSA) is 102 Å². The van der Waals surface area contributed by atoms with Gasteiger partial charge in [-0.25, -0.2) is 17.9 Å². The van der Waals surface area contributed by atoms with Crippen LogP contribution in [0.15, 0.2) is 47.4 Å². The molecule has 0 bridgehead atoms. The Morgan fingerprint density at radius 2 is 1.83 bits per heavy atom. The number of benzene rings is 2. The van der Waals surface area contributed by atoms with Gasteiger partial charge in [0.15, 0.2) is 0 Å². The minimum Gasteiger partial charge on any atom is -0.476 e. The molecule has 2 aromatic carbocycles. The Morgan fingerprint density at radius 1 is 1.20 bits per heavy atom. The van der Waals surface area contributed by atoms with Crippen molar-refractivity contribution < 1.29 is 22.3 Å². The van der Waals surface area contributed by atoms with Crippen LogP contribution in [-0.4, -0.2) is 45.4 Å². The van der Waals surface area contributed by atoms with E-state index in [1.165, 1.54) is 30.3 Å². The number of carbonyl (C=O) groups is 1. The summed E-state index contributed by atoms with van der Waals surface area (Å²) in [5.74, 6) is -0.441. The maximum atomic E-state index is 14.2. The number of likely N-dealkylation sites (N-methyl/N-ethyl adjacent to an activating group) is 1. The van der Waals surface area contributed by atoms with Crippen LogP contribution in [0.25, 0.3) is 0 Å². The lowest BCUT2D eigenvalue weighted by Gasteiger charge is -2.34. The van der Waals surface area contributed by atoms with Crippen LogP contribution < -0.4 is 15.2 Å². The third-order valence-electron chi connectivity index (χ3n) is 5.33. The number of nitrogens with zero attached hydrogens (tertiary/aromatic N) is 1. The number of primary sulfonamides is 1. The number of nitrogens with one attached hydrogen (secondary N) is 1. The maximum Gasteiger partial charge on any atom is 0.268 e. The van der Waals surface area contributed by atoms with Crippen molar-refractivity contribution in [3.05, 3.63) is 59.4 Å². The molecule has 0 radical (unpaired) electrons. The number of rotatable bonds is 6. The Labute approximate surface area is 176 Å². The van der Waals surface area contributed by atoms with Gasteiger partial charge in [-0.3, -0.25) is 4.79 Å². The molecule has 0 saturated carbocycles. The van der Waals surface area contributed by atoms with Crippen molar-refractivity contribution in [1.29, 1.82) is 0 Å². The molecule has 1 unspecified atom stereocenters. The molecular formula is C21H26FN3O4S. The number of aryl methyl sites for hydroxylation is 1. The quantitative estimate of drug-likeness (QED) is 0.724. The van der Waals surface area contributed by atoms with Gasteiger partial charge in [0.25, 0.3) is 5.91 Å². The fraction of sp³-hybridized carbons (Fsp3) is 0.381. The molecular weight excluding hydrogens is 409 g/mol. The lowest BCUT2D eigenvalue weighted by Crippen LogP contribution is -2.46. The number of ether oxygens (including phenoxy) is 1. The van der Waals surface area contributed by atoms with Crippen molar-refractivity contribution in [2.45, 2.75) is 36.8 Å². The number of sulfonamides is 1. The first-order chi connectivity index (χ1) is 14.2. The first-order valence-corrected chi connectivity index (χ1v) is 11.2. The lowest BCUT2D eigenvalue weighted by molar-refractivity contribution is -0.140. The van der Waals surface area contributed by atoms with E-state index in [2.05, 4.69) is 5.32 Å². The van der Waals surface area contributed by atoms with Crippen molar-refractivity contribution in [2.75, 3.05) is 20.1 Å². The Kier molecular flexibility index (Phi) is 6.74. The van der Waals surface area contributed by atoms with E-state index >= 15 is 0 Å². The summed E-state index contributed by atoms with van der Waals surface area (Å²) < 4.78 is 43.1. The molecule has 3 N–H and O–H groups in total. The minimum atomic E-state index is -3.84. The summed E-state index contributed by atoms with van der Waals surface area (Å²) in [7, 11) is -2.12. The van der Waals surface area contributed by atoms with Crippen molar-refractivity contribution in [3.8, 4) is 5.75 Å². The van der Waals surface area contributed by atoms with Crippen LogP contribution in [0, 0.1) is 12.7 Å². The van der Waals surface area contributed by atoms with E-state index in [9.17, 15) is 17.6 Å². The zero-order chi connectivity index (χ0) is 21.9. The van der Waals surface area contributed by atoms with Gasteiger partial charge in [-0.1, -0.05) is 12.1 Å². The molecule has 1 heterocycles. The molecule has 1 atom stereocenters. The molecule has 162 valence electrons. The Balaban J connectivity index is 1.90. The van der Waals surface area contributed by atoms with Crippen molar-refractivity contribution in [1.82, 2.24) is 10.2 Å². The van der Waals surface area contributed by atoms with Crippen LogP contribution in [-0.2, 0) is 14.8 Å². The summed E-state index contributed by atoms with van der Waals surface area (Å²) in [4.78, 5) is 14.9. The first-order valence-electron chi connectivity index (χ1n) is 9.70. The summed E-state index contributed by atoms with van der Waals surface area (Å²) in [5.41, 5.74) is 0.855. The smallest absolute Gasteiger partial charge is 0.268 e. The van der Waals surface area contributed by atoms with E-state index in [-0.39, 0.29) is 22.6 Å². The maximum absolute atomic E-state index is 14.2. The lowest BCUT2D eigenvalue weighted by atomic mass is 10.0. The fourth-order valence-electron chi connectivity index (χ4n) is 3.44. The van der Waals surface area contributed by atoms with Crippen LogP contribution in [0.5, 0.6) is 5.75 Å². The number of piperidine rings is 1. The highest BCUT2D eigenvalue weighted by Gasteiger charge is 2.31. The van der Waals surface area contributed by atoms with Crippen molar-refractivity contribution >= 4 is 15.9 Å². The second kappa shape index (κ2) is 9.11. The third-order valence-corrected chi connectivity index (χ3v) is 6.26. The Morgan fingerprint density at radius 3 is 2.40 bits per heavy atom. The van der Waals surface area contributed by atoms with E-state index in [1.807, 2.05) is 0 Å². The normalized spacial score (nSPS) is 16.1. The molecule has 7 nitrogen and oxygen atoms in total. The van der Waals surface area contributed by atoms with Crippen LogP contribution in [0.3, 0.4) is 0 Å². The van der Waals surface area contributed by atoms with Gasteiger partial charge in [0.1, 0.15) is 11.6 Å². The Bertz CT molecular complexity index is 1010. The summed E-state index contributed by atoms with van der Waals surface area (Å²) in [5, 5.41) is 8.39. The number of hydrogen-bond donors (Lipinski definition) is 2. The molecule has 0 spiro atoms. The summed E-state index contributed by atoms with van der Waals surface area (Å²) in [6, 6.07) is 10.1. The second-order valence-corrected chi connectivity index (χ2v) is 9.01. The fourth-order valence-corrected chi connectivity index (χ4v) is 3.95. The summed E-state index contributed by atoms with van der Waals surface area (Å²) >= 11 is 0. The molecule has 1 saturated heterocycles. The highest BCUT2D eigenvalue weighted by molar-refractivity contribution is 7.89. The van der Waals surface area contributed by atoms with Crippen LogP contribution in [0.2, 0.25) is 0 Å². The molecule has 30 heavy (non-hydrogen) atoms. The van der Waals surface area contributed by atoms with Crippen molar-refractivity contribution in [2.24, 2.45) is 5.14 Å². The monoisotopic (exact) mass is 435 g/mol. The SMILES string of the molecule is Cc1ccc(C(Oc2ccc(S(N)(=O)=O)cc2)C(=O)N(C)C2CCNCC2)cc1F. The molecule has 9 heteroatoms. The van der Waals surface area contributed by atoms with Gasteiger partial charge in [-0.15, -0.1) is 0 Å². The average Bonchev–Trinajstić information content (AvgIpc) is 2.73. The third kappa shape index (κ3) is 5.16. The molecule has 1 fully saturated rings. The minimum absolute atomic E-state index is 0.0601. The highest BCUT2D eigenvalue weighted by atomic mass is 32.2. The zero-order valence-corrected chi connectivity index (χ0v) is 17.8. The molecule has 0 aromatic heterocycles. The number of amides is 1. The van der Waals surface area contributed by atoms with Crippen LogP contribution in [0.4, 0.5) is 4.39 Å². The van der Waals surface area contributed by atoms with Gasteiger partial charge in [-0.05, 0) is 68.8 Å². The highest BCUT2D eigenvalue weighted by Crippen LogP contribution is 2.27. The van der Waals surface area contributed by atoms with E-state index in [4.69, 9.17) is 9.88 Å². The molecule has 3 rings (SSSR count). The van der Waals surface area contributed by atoms with Gasteiger partial charge >= 0.3 is 0 Å². The average molecular weight is 436 g/mol. The van der Waals surface area contributed by atoms with Crippen LogP contribution >= 0.6 is 0 Å². The van der Waals surface area contributed by atoms with Crippen LogP contribution in [0.1, 0.15) is 30.1 Å². The van der Waals surface area contributed by atoms with Gasteiger partial charge < -0.3 is 15.0 Å². The summed E-state index contributed by atoms with van der Waals surface area (Å²) in [6.07, 6.45) is 0.570. The largest absolute Gasteiger partial charge is 0.476 e. The molecule has 2 aromatic rings. The molecule has 1 amide bonds. The van der Waals surface area contributed by atoms with E-state index in [1.54, 1.807) is 31.0 Å². The molecule has 1 aliphatic heterocycles.